The van der Waals surface area contributed by atoms with Crippen LogP contribution in [0.1, 0.15) is 45.2 Å². The van der Waals surface area contributed by atoms with Gasteiger partial charge in [0.1, 0.15) is 5.82 Å². The van der Waals surface area contributed by atoms with Gasteiger partial charge in [-0.3, -0.25) is 0 Å². The summed E-state index contributed by atoms with van der Waals surface area (Å²) in [6, 6.07) is 5.22. The Morgan fingerprint density at radius 3 is 3.06 bits per heavy atom. The fourth-order valence-corrected chi connectivity index (χ4v) is 2.65. The number of nitrogens with one attached hydrogen (secondary N) is 1. The monoisotopic (exact) mass is 233 g/mol. The summed E-state index contributed by atoms with van der Waals surface area (Å²) in [6.07, 6.45) is 4.47. The summed E-state index contributed by atoms with van der Waals surface area (Å²) in [5.41, 5.74) is 1.32. The lowest BCUT2D eigenvalue weighted by molar-refractivity contribution is 0.591. The Labute approximate surface area is 104 Å². The van der Waals surface area contributed by atoms with Crippen LogP contribution in [0.25, 0.3) is 0 Å². The topological polar surface area (TPSA) is 28.2 Å². The first kappa shape index (κ1) is 12.4. The fraction of sp³-hybridized carbons (Fsp3) is 0.643. The number of pyridine rings is 1. The molecule has 0 radical (unpaired) electrons. The van der Waals surface area contributed by atoms with E-state index in [2.05, 4.69) is 42.0 Å². The van der Waals surface area contributed by atoms with Crippen LogP contribution in [0.5, 0.6) is 0 Å². The predicted molar refractivity (Wildman–Crippen MR) is 72.4 cm³/mol. The molecular formula is C14H23N3. The highest BCUT2D eigenvalue weighted by Gasteiger charge is 2.24. The molecule has 1 aliphatic heterocycles. The van der Waals surface area contributed by atoms with Gasteiger partial charge in [0.25, 0.3) is 0 Å². The standard InChI is InChI=1S/C14H23N3/c1-4-15-12(3)13-8-5-9-16-14(13)17-10-6-7-11(17)2/h5,8-9,11-12,15H,4,6-7,10H2,1-3H3. The molecule has 3 heteroatoms. The summed E-state index contributed by atoms with van der Waals surface area (Å²) in [5.74, 6) is 1.17. The van der Waals surface area contributed by atoms with Crippen LogP contribution in [0, 0.1) is 0 Å². The molecule has 94 valence electrons. The second kappa shape index (κ2) is 5.50. The molecule has 2 unspecified atom stereocenters. The first-order valence-electron chi connectivity index (χ1n) is 6.69. The predicted octanol–water partition coefficient (Wildman–Crippen LogP) is 2.74. The van der Waals surface area contributed by atoms with E-state index in [9.17, 15) is 0 Å². The molecule has 0 spiro atoms. The Hall–Kier alpha value is -1.09. The van der Waals surface area contributed by atoms with Crippen LogP contribution in [0.2, 0.25) is 0 Å². The maximum atomic E-state index is 4.60. The van der Waals surface area contributed by atoms with Crippen molar-refractivity contribution in [3.63, 3.8) is 0 Å². The van der Waals surface area contributed by atoms with Gasteiger partial charge in [0.15, 0.2) is 0 Å². The Kier molecular flexibility index (Phi) is 4.00. The molecule has 0 bridgehead atoms. The summed E-state index contributed by atoms with van der Waals surface area (Å²) in [6.45, 7) is 8.79. The molecule has 2 rings (SSSR count). The van der Waals surface area contributed by atoms with E-state index in [1.165, 1.54) is 24.2 Å². The summed E-state index contributed by atoms with van der Waals surface area (Å²) >= 11 is 0. The van der Waals surface area contributed by atoms with Crippen LogP contribution in [0.15, 0.2) is 18.3 Å². The van der Waals surface area contributed by atoms with Gasteiger partial charge in [-0.15, -0.1) is 0 Å². The fourth-order valence-electron chi connectivity index (χ4n) is 2.65. The van der Waals surface area contributed by atoms with Crippen molar-refractivity contribution in [2.75, 3.05) is 18.0 Å². The van der Waals surface area contributed by atoms with E-state index in [4.69, 9.17) is 0 Å². The Morgan fingerprint density at radius 2 is 2.41 bits per heavy atom. The lowest BCUT2D eigenvalue weighted by Gasteiger charge is -2.27. The van der Waals surface area contributed by atoms with Gasteiger partial charge >= 0.3 is 0 Å². The van der Waals surface area contributed by atoms with Crippen LogP contribution in [0.3, 0.4) is 0 Å². The van der Waals surface area contributed by atoms with Crippen LogP contribution in [0.4, 0.5) is 5.82 Å². The van der Waals surface area contributed by atoms with Crippen LogP contribution >= 0.6 is 0 Å². The van der Waals surface area contributed by atoms with Crippen molar-refractivity contribution in [3.05, 3.63) is 23.9 Å². The zero-order chi connectivity index (χ0) is 12.3. The third-order valence-electron chi connectivity index (χ3n) is 3.62. The molecule has 1 fully saturated rings. The summed E-state index contributed by atoms with van der Waals surface area (Å²) < 4.78 is 0. The minimum Gasteiger partial charge on any atom is -0.354 e. The van der Waals surface area contributed by atoms with E-state index in [-0.39, 0.29) is 0 Å². The number of hydrogen-bond donors (Lipinski definition) is 1. The summed E-state index contributed by atoms with van der Waals surface area (Å²) in [7, 11) is 0. The molecule has 1 aliphatic rings. The average molecular weight is 233 g/mol. The molecule has 1 saturated heterocycles. The minimum atomic E-state index is 0.372. The maximum absolute atomic E-state index is 4.60. The molecule has 2 heterocycles. The zero-order valence-electron chi connectivity index (χ0n) is 11.1. The van der Waals surface area contributed by atoms with Gasteiger partial charge in [-0.25, -0.2) is 4.98 Å². The van der Waals surface area contributed by atoms with Gasteiger partial charge in [0, 0.05) is 30.4 Å². The van der Waals surface area contributed by atoms with Crippen molar-refractivity contribution in [2.45, 2.75) is 45.7 Å². The highest BCUT2D eigenvalue weighted by molar-refractivity contribution is 5.49. The van der Waals surface area contributed by atoms with Crippen LogP contribution in [-0.2, 0) is 0 Å². The molecule has 17 heavy (non-hydrogen) atoms. The molecule has 0 saturated carbocycles. The first-order valence-corrected chi connectivity index (χ1v) is 6.69. The third-order valence-corrected chi connectivity index (χ3v) is 3.62. The average Bonchev–Trinajstić information content (AvgIpc) is 2.76. The number of aromatic nitrogens is 1. The molecule has 3 nitrogen and oxygen atoms in total. The number of rotatable bonds is 4. The molecule has 1 aromatic rings. The maximum Gasteiger partial charge on any atom is 0.133 e. The molecular weight excluding hydrogens is 210 g/mol. The molecule has 0 aliphatic carbocycles. The SMILES string of the molecule is CCNC(C)c1cccnc1N1CCCC1C. The highest BCUT2D eigenvalue weighted by atomic mass is 15.2. The van der Waals surface area contributed by atoms with Crippen molar-refractivity contribution in [1.82, 2.24) is 10.3 Å². The first-order chi connectivity index (χ1) is 8.24. The number of nitrogens with zero attached hydrogens (tertiary/aromatic N) is 2. The van der Waals surface area contributed by atoms with E-state index in [1.54, 1.807) is 0 Å². The number of hydrogen-bond acceptors (Lipinski definition) is 3. The third kappa shape index (κ3) is 2.60. The smallest absolute Gasteiger partial charge is 0.133 e. The van der Waals surface area contributed by atoms with Crippen LogP contribution in [-0.4, -0.2) is 24.1 Å². The Balaban J connectivity index is 2.26. The summed E-state index contributed by atoms with van der Waals surface area (Å²) in [4.78, 5) is 7.05. The molecule has 0 aromatic carbocycles. The minimum absolute atomic E-state index is 0.372. The highest BCUT2D eigenvalue weighted by Crippen LogP contribution is 2.29. The van der Waals surface area contributed by atoms with E-state index >= 15 is 0 Å². The normalized spacial score (nSPS) is 21.8. The zero-order valence-corrected chi connectivity index (χ0v) is 11.1. The second-order valence-electron chi connectivity index (χ2n) is 4.88. The lowest BCUT2D eigenvalue weighted by Crippen LogP contribution is -2.30. The quantitative estimate of drug-likeness (QED) is 0.866. The number of anilines is 1. The van der Waals surface area contributed by atoms with Gasteiger partial charge in [-0.1, -0.05) is 13.0 Å². The van der Waals surface area contributed by atoms with Gasteiger partial charge < -0.3 is 10.2 Å². The largest absolute Gasteiger partial charge is 0.354 e. The Morgan fingerprint density at radius 1 is 1.59 bits per heavy atom. The van der Waals surface area contributed by atoms with Gasteiger partial charge in [0.2, 0.25) is 0 Å². The van der Waals surface area contributed by atoms with Gasteiger partial charge in [-0.05, 0) is 39.3 Å². The van der Waals surface area contributed by atoms with Crippen molar-refractivity contribution in [2.24, 2.45) is 0 Å². The molecule has 0 amide bonds. The van der Waals surface area contributed by atoms with E-state index in [0.717, 1.165) is 13.1 Å². The van der Waals surface area contributed by atoms with E-state index in [0.29, 0.717) is 12.1 Å². The second-order valence-corrected chi connectivity index (χ2v) is 4.88. The summed E-state index contributed by atoms with van der Waals surface area (Å²) in [5, 5.41) is 3.47. The molecule has 1 N–H and O–H groups in total. The van der Waals surface area contributed by atoms with Crippen molar-refractivity contribution in [3.8, 4) is 0 Å². The van der Waals surface area contributed by atoms with E-state index in [1.807, 2.05) is 12.3 Å². The lowest BCUT2D eigenvalue weighted by atomic mass is 10.1. The van der Waals surface area contributed by atoms with Crippen molar-refractivity contribution >= 4 is 5.82 Å². The van der Waals surface area contributed by atoms with Crippen LogP contribution < -0.4 is 10.2 Å². The molecule has 2 atom stereocenters. The van der Waals surface area contributed by atoms with Gasteiger partial charge in [0.05, 0.1) is 0 Å². The van der Waals surface area contributed by atoms with E-state index < -0.39 is 0 Å². The van der Waals surface area contributed by atoms with Gasteiger partial charge in [-0.2, -0.15) is 0 Å². The Bertz CT molecular complexity index is 364. The van der Waals surface area contributed by atoms with Crippen molar-refractivity contribution < 1.29 is 0 Å². The molecule has 1 aromatic heterocycles. The van der Waals surface area contributed by atoms with Crippen molar-refractivity contribution in [1.29, 1.82) is 0 Å².